The maximum Gasteiger partial charge on any atom is 0.417 e. The monoisotopic (exact) mass is 260 g/mol. The molecule has 0 aliphatic carbocycles. The van der Waals surface area contributed by atoms with E-state index in [1.165, 1.54) is 4.90 Å². The summed E-state index contributed by atoms with van der Waals surface area (Å²) >= 11 is 0. The number of rotatable bonds is 1. The van der Waals surface area contributed by atoms with E-state index < -0.39 is 23.2 Å². The molecule has 0 aromatic carbocycles. The summed E-state index contributed by atoms with van der Waals surface area (Å²) in [6, 6.07) is 1.86. The fraction of sp³-hybridized carbons (Fsp3) is 0.455. The van der Waals surface area contributed by atoms with Crippen molar-refractivity contribution in [3.63, 3.8) is 0 Å². The van der Waals surface area contributed by atoms with Gasteiger partial charge >= 0.3 is 6.18 Å². The zero-order valence-electron chi connectivity index (χ0n) is 9.53. The highest BCUT2D eigenvalue weighted by Crippen LogP contribution is 2.29. The van der Waals surface area contributed by atoms with E-state index in [-0.39, 0.29) is 18.8 Å². The van der Waals surface area contributed by atoms with E-state index in [1.54, 1.807) is 6.92 Å². The summed E-state index contributed by atoms with van der Waals surface area (Å²) in [5, 5.41) is 9.47. The van der Waals surface area contributed by atoms with Crippen LogP contribution in [0.2, 0.25) is 0 Å². The molecule has 7 heteroatoms. The normalized spacial score (nSPS) is 18.4. The van der Waals surface area contributed by atoms with Gasteiger partial charge < -0.3 is 10.0 Å². The number of aliphatic hydroxyl groups is 1. The van der Waals surface area contributed by atoms with Crippen molar-refractivity contribution in [3.8, 4) is 0 Å². The third-order valence-electron chi connectivity index (χ3n) is 2.66. The highest BCUT2D eigenvalue weighted by atomic mass is 19.4. The van der Waals surface area contributed by atoms with Crippen molar-refractivity contribution in [2.24, 2.45) is 0 Å². The maximum absolute atomic E-state index is 12.3. The Morgan fingerprint density at radius 3 is 2.44 bits per heavy atom. The predicted octanol–water partition coefficient (Wildman–Crippen LogP) is 1.31. The molecule has 0 spiro atoms. The quantitative estimate of drug-likeness (QED) is 0.828. The number of hydrogen-bond donors (Lipinski definition) is 1. The Kier molecular flexibility index (Phi) is 2.81. The second-order valence-corrected chi connectivity index (χ2v) is 4.59. The minimum atomic E-state index is -4.46. The lowest BCUT2D eigenvalue weighted by Gasteiger charge is -2.43. The van der Waals surface area contributed by atoms with Crippen LogP contribution in [0.4, 0.5) is 13.2 Å². The molecule has 1 N–H and O–H groups in total. The van der Waals surface area contributed by atoms with Crippen LogP contribution in [0.1, 0.15) is 23.0 Å². The number of carbonyl (C=O) groups excluding carboxylic acids is 1. The van der Waals surface area contributed by atoms with Gasteiger partial charge in [0.1, 0.15) is 5.69 Å². The van der Waals surface area contributed by atoms with Gasteiger partial charge in [0.2, 0.25) is 0 Å². The number of carbonyl (C=O) groups is 1. The van der Waals surface area contributed by atoms with Crippen molar-refractivity contribution in [1.29, 1.82) is 0 Å². The molecule has 0 saturated carbocycles. The van der Waals surface area contributed by atoms with Gasteiger partial charge in [0, 0.05) is 6.20 Å². The van der Waals surface area contributed by atoms with Crippen LogP contribution in [-0.4, -0.2) is 39.6 Å². The third kappa shape index (κ3) is 2.45. The Labute approximate surface area is 101 Å². The summed E-state index contributed by atoms with van der Waals surface area (Å²) in [5.41, 5.74) is -1.87. The number of nitrogens with zero attached hydrogens (tertiary/aromatic N) is 2. The van der Waals surface area contributed by atoms with Crippen LogP contribution < -0.4 is 0 Å². The fourth-order valence-electron chi connectivity index (χ4n) is 1.77. The molecule has 2 rings (SSSR count). The predicted molar refractivity (Wildman–Crippen MR) is 55.8 cm³/mol. The standard InChI is InChI=1S/C11H11F3N2O2/c1-10(18)5-16(6-10)9(17)8-3-2-7(4-15-8)11(12,13)14/h2-4,18H,5-6H2,1H3. The van der Waals surface area contributed by atoms with Crippen LogP contribution >= 0.6 is 0 Å². The lowest BCUT2D eigenvalue weighted by Crippen LogP contribution is -2.61. The molecule has 0 bridgehead atoms. The lowest BCUT2D eigenvalue weighted by atomic mass is 9.96. The van der Waals surface area contributed by atoms with Gasteiger partial charge in [-0.3, -0.25) is 9.78 Å². The van der Waals surface area contributed by atoms with Crippen LogP contribution in [-0.2, 0) is 6.18 Å². The number of hydrogen-bond acceptors (Lipinski definition) is 3. The topological polar surface area (TPSA) is 53.4 Å². The summed E-state index contributed by atoms with van der Waals surface area (Å²) in [4.78, 5) is 16.6. The molecule has 98 valence electrons. The number of pyridine rings is 1. The summed E-state index contributed by atoms with van der Waals surface area (Å²) in [6.45, 7) is 1.90. The Hall–Kier alpha value is -1.63. The molecule has 1 aliphatic heterocycles. The van der Waals surface area contributed by atoms with Crippen LogP contribution in [0.25, 0.3) is 0 Å². The number of halogens is 3. The second-order valence-electron chi connectivity index (χ2n) is 4.59. The van der Waals surface area contributed by atoms with E-state index >= 15 is 0 Å². The number of β-amino-alcohol motifs (C(OH)–C–C–N with tert-alkyl or cyclic N) is 1. The van der Waals surface area contributed by atoms with E-state index in [4.69, 9.17) is 0 Å². The van der Waals surface area contributed by atoms with Gasteiger partial charge in [-0.15, -0.1) is 0 Å². The van der Waals surface area contributed by atoms with Gasteiger partial charge in [-0.05, 0) is 19.1 Å². The molecule has 4 nitrogen and oxygen atoms in total. The second kappa shape index (κ2) is 3.94. The van der Waals surface area contributed by atoms with Crippen LogP contribution in [0.15, 0.2) is 18.3 Å². The number of likely N-dealkylation sites (tertiary alicyclic amines) is 1. The molecule has 1 saturated heterocycles. The van der Waals surface area contributed by atoms with Crippen molar-refractivity contribution in [1.82, 2.24) is 9.88 Å². The van der Waals surface area contributed by atoms with Gasteiger partial charge in [-0.1, -0.05) is 0 Å². The van der Waals surface area contributed by atoms with E-state index in [0.29, 0.717) is 6.20 Å². The molecule has 1 aromatic heterocycles. The molecule has 18 heavy (non-hydrogen) atoms. The van der Waals surface area contributed by atoms with Crippen LogP contribution in [0.3, 0.4) is 0 Å². The first-order valence-corrected chi connectivity index (χ1v) is 5.24. The summed E-state index contributed by atoms with van der Waals surface area (Å²) in [7, 11) is 0. The summed E-state index contributed by atoms with van der Waals surface area (Å²) in [5.74, 6) is -0.477. The highest BCUT2D eigenvalue weighted by molar-refractivity contribution is 5.93. The molecule has 2 heterocycles. The van der Waals surface area contributed by atoms with E-state index in [9.17, 15) is 23.1 Å². The molecule has 0 radical (unpaired) electrons. The van der Waals surface area contributed by atoms with E-state index in [2.05, 4.69) is 4.98 Å². The third-order valence-corrected chi connectivity index (χ3v) is 2.66. The Morgan fingerprint density at radius 2 is 2.06 bits per heavy atom. The van der Waals surface area contributed by atoms with Crippen molar-refractivity contribution < 1.29 is 23.1 Å². The summed E-state index contributed by atoms with van der Waals surface area (Å²) in [6.07, 6.45) is -3.83. The average Bonchev–Trinajstić information content (AvgIpc) is 2.24. The Balaban J connectivity index is 2.09. The highest BCUT2D eigenvalue weighted by Gasteiger charge is 2.40. The van der Waals surface area contributed by atoms with Crippen LogP contribution in [0, 0.1) is 0 Å². The van der Waals surface area contributed by atoms with Crippen molar-refractivity contribution in [2.45, 2.75) is 18.7 Å². The molecule has 1 amide bonds. The van der Waals surface area contributed by atoms with E-state index in [1.807, 2.05) is 0 Å². The first-order chi connectivity index (χ1) is 8.19. The van der Waals surface area contributed by atoms with Gasteiger partial charge in [0.15, 0.2) is 0 Å². The first-order valence-electron chi connectivity index (χ1n) is 5.24. The average molecular weight is 260 g/mol. The van der Waals surface area contributed by atoms with Crippen molar-refractivity contribution in [2.75, 3.05) is 13.1 Å². The molecule has 1 fully saturated rings. The summed E-state index contributed by atoms with van der Waals surface area (Å²) < 4.78 is 36.9. The van der Waals surface area contributed by atoms with E-state index in [0.717, 1.165) is 12.1 Å². The Bertz CT molecular complexity index is 460. The molecule has 1 aliphatic rings. The zero-order chi connectivity index (χ0) is 13.6. The van der Waals surface area contributed by atoms with Gasteiger partial charge in [0.25, 0.3) is 5.91 Å². The SMILES string of the molecule is CC1(O)CN(C(=O)c2ccc(C(F)(F)F)cn2)C1. The largest absolute Gasteiger partial charge is 0.417 e. The first kappa shape index (κ1) is 12.8. The fourth-order valence-corrected chi connectivity index (χ4v) is 1.77. The maximum atomic E-state index is 12.3. The number of alkyl halides is 3. The molecular formula is C11H11F3N2O2. The zero-order valence-corrected chi connectivity index (χ0v) is 9.53. The minimum Gasteiger partial charge on any atom is -0.386 e. The Morgan fingerprint density at radius 1 is 1.44 bits per heavy atom. The number of amides is 1. The molecule has 1 aromatic rings. The lowest BCUT2D eigenvalue weighted by molar-refractivity contribution is -0.137. The van der Waals surface area contributed by atoms with Gasteiger partial charge in [-0.25, -0.2) is 0 Å². The minimum absolute atomic E-state index is 0.0569. The molecular weight excluding hydrogens is 249 g/mol. The van der Waals surface area contributed by atoms with Crippen molar-refractivity contribution in [3.05, 3.63) is 29.6 Å². The van der Waals surface area contributed by atoms with Gasteiger partial charge in [0.05, 0.1) is 24.3 Å². The molecule has 0 unspecified atom stereocenters. The smallest absolute Gasteiger partial charge is 0.386 e. The number of aromatic nitrogens is 1. The van der Waals surface area contributed by atoms with Gasteiger partial charge in [-0.2, -0.15) is 13.2 Å². The van der Waals surface area contributed by atoms with Crippen molar-refractivity contribution >= 4 is 5.91 Å². The molecule has 0 atom stereocenters. The van der Waals surface area contributed by atoms with Crippen LogP contribution in [0.5, 0.6) is 0 Å².